The number of carbonyl (C=O) groups is 4. The molecular formula is C26H46N2O11Si. The Bertz CT molecular complexity index is 760. The molecule has 0 radical (unpaired) electrons. The Morgan fingerprint density at radius 1 is 0.675 bits per heavy atom. The highest BCUT2D eigenvalue weighted by atomic mass is 28.4. The maximum absolute atomic E-state index is 12.1. The number of hydrogen-bond acceptors (Lipinski definition) is 13. The Hall–Kier alpha value is -2.62. The average Bonchev–Trinajstić information content (AvgIpc) is 2.93. The minimum absolute atomic E-state index is 0.0576. The second kappa shape index (κ2) is 22.1. The van der Waals surface area contributed by atoms with Crippen molar-refractivity contribution in [3.8, 4) is 0 Å². The van der Waals surface area contributed by atoms with Crippen LogP contribution in [0.2, 0.25) is 6.04 Å². The molecule has 0 atom stereocenters. The SMILES string of the molecule is C=C(C)C(=O)OCCOC(=O)CCN(CCNCCC[Si](OC)(OC)OC)CCC(=O)OCCOC(=O)C(=C)C. The van der Waals surface area contributed by atoms with Gasteiger partial charge in [-0.15, -0.1) is 0 Å². The lowest BCUT2D eigenvalue weighted by Crippen LogP contribution is -2.43. The highest BCUT2D eigenvalue weighted by molar-refractivity contribution is 6.60. The maximum atomic E-state index is 12.1. The van der Waals surface area contributed by atoms with Crippen molar-refractivity contribution in [3.05, 3.63) is 24.3 Å². The fourth-order valence-corrected chi connectivity index (χ4v) is 4.88. The van der Waals surface area contributed by atoms with Gasteiger partial charge in [-0.3, -0.25) is 9.59 Å². The van der Waals surface area contributed by atoms with Gasteiger partial charge in [0.25, 0.3) is 0 Å². The molecule has 0 aliphatic carbocycles. The number of rotatable bonds is 24. The van der Waals surface area contributed by atoms with Crippen molar-refractivity contribution in [1.82, 2.24) is 10.2 Å². The first-order valence-electron chi connectivity index (χ1n) is 13.0. The number of hydrogen-bond donors (Lipinski definition) is 1. The maximum Gasteiger partial charge on any atom is 0.500 e. The first kappa shape index (κ1) is 37.4. The smallest absolute Gasteiger partial charge is 0.462 e. The molecule has 13 nitrogen and oxygen atoms in total. The van der Waals surface area contributed by atoms with Gasteiger partial charge in [-0.2, -0.15) is 0 Å². The van der Waals surface area contributed by atoms with E-state index in [2.05, 4.69) is 18.5 Å². The van der Waals surface area contributed by atoms with Crippen LogP contribution in [-0.4, -0.2) is 118 Å². The summed E-state index contributed by atoms with van der Waals surface area (Å²) < 4.78 is 36.3. The Kier molecular flexibility index (Phi) is 20.7. The largest absolute Gasteiger partial charge is 0.500 e. The summed E-state index contributed by atoms with van der Waals surface area (Å²) in [7, 11) is 2.10. The van der Waals surface area contributed by atoms with Crippen molar-refractivity contribution >= 4 is 32.7 Å². The lowest BCUT2D eigenvalue weighted by Gasteiger charge is -2.24. The number of esters is 4. The zero-order valence-corrected chi connectivity index (χ0v) is 25.5. The summed E-state index contributed by atoms with van der Waals surface area (Å²) >= 11 is 0. The van der Waals surface area contributed by atoms with Crippen LogP contribution in [0.4, 0.5) is 0 Å². The van der Waals surface area contributed by atoms with Crippen LogP contribution in [-0.2, 0) is 51.4 Å². The van der Waals surface area contributed by atoms with Gasteiger partial charge < -0.3 is 42.4 Å². The van der Waals surface area contributed by atoms with Crippen molar-refractivity contribution < 1.29 is 51.4 Å². The summed E-state index contributed by atoms with van der Waals surface area (Å²) in [4.78, 5) is 49.0. The van der Waals surface area contributed by atoms with Crippen molar-refractivity contribution in [1.29, 1.82) is 0 Å². The fourth-order valence-electron chi connectivity index (χ4n) is 3.15. The molecule has 0 fully saturated rings. The molecule has 0 aromatic rings. The third kappa shape index (κ3) is 17.9. The molecule has 0 aromatic heterocycles. The third-order valence-corrected chi connectivity index (χ3v) is 8.33. The second-order valence-electron chi connectivity index (χ2n) is 8.76. The molecule has 0 aliphatic heterocycles. The quantitative estimate of drug-likeness (QED) is 0.0566. The summed E-state index contributed by atoms with van der Waals surface area (Å²) in [5.74, 6) is -2.00. The first-order valence-corrected chi connectivity index (χ1v) is 15.0. The number of nitrogens with zero attached hydrogens (tertiary/aromatic N) is 1. The Balaban J connectivity index is 4.58. The highest BCUT2D eigenvalue weighted by Crippen LogP contribution is 2.14. The van der Waals surface area contributed by atoms with Gasteiger partial charge in [0.1, 0.15) is 26.4 Å². The van der Waals surface area contributed by atoms with E-state index in [1.165, 1.54) is 13.8 Å². The molecule has 0 aromatic carbocycles. The normalized spacial score (nSPS) is 11.2. The van der Waals surface area contributed by atoms with Crippen LogP contribution in [0.1, 0.15) is 33.1 Å². The predicted octanol–water partition coefficient (Wildman–Crippen LogP) is 1.25. The standard InChI is InChI=1S/C26H46N2O11Si/c1-21(2)25(31)38-18-16-36-23(29)9-13-28(14-10-24(30)37-17-19-39-26(32)22(3)4)15-12-27-11-8-20-40(33-5,34-6)35-7/h27H,1,3,8-20H2,2,4-7H3. The summed E-state index contributed by atoms with van der Waals surface area (Å²) in [6, 6.07) is 0.661. The summed E-state index contributed by atoms with van der Waals surface area (Å²) in [6.45, 7) is 12.4. The van der Waals surface area contributed by atoms with E-state index in [9.17, 15) is 19.2 Å². The molecule has 0 saturated heterocycles. The van der Waals surface area contributed by atoms with E-state index in [1.54, 1.807) is 21.3 Å². The van der Waals surface area contributed by atoms with E-state index in [1.807, 2.05) is 4.90 Å². The molecule has 0 bridgehead atoms. The fraction of sp³-hybridized carbons (Fsp3) is 0.692. The van der Waals surface area contributed by atoms with Gasteiger partial charge in [0.15, 0.2) is 0 Å². The monoisotopic (exact) mass is 590 g/mol. The molecule has 0 amide bonds. The minimum atomic E-state index is -2.62. The van der Waals surface area contributed by atoms with Gasteiger partial charge in [-0.25, -0.2) is 9.59 Å². The molecule has 0 spiro atoms. The van der Waals surface area contributed by atoms with Crippen LogP contribution in [0.5, 0.6) is 0 Å². The average molecular weight is 591 g/mol. The number of nitrogens with one attached hydrogen (secondary N) is 1. The number of ether oxygens (including phenoxy) is 4. The third-order valence-electron chi connectivity index (χ3n) is 5.49. The van der Waals surface area contributed by atoms with Gasteiger partial charge in [-0.05, 0) is 26.8 Å². The minimum Gasteiger partial charge on any atom is -0.462 e. The van der Waals surface area contributed by atoms with Gasteiger partial charge >= 0.3 is 32.7 Å². The van der Waals surface area contributed by atoms with Crippen LogP contribution in [0.3, 0.4) is 0 Å². The molecule has 1 N–H and O–H groups in total. The molecular weight excluding hydrogens is 544 g/mol. The molecule has 0 aliphatic rings. The van der Waals surface area contributed by atoms with E-state index >= 15 is 0 Å². The van der Waals surface area contributed by atoms with Gasteiger partial charge in [-0.1, -0.05) is 13.2 Å². The van der Waals surface area contributed by atoms with Crippen LogP contribution in [0.25, 0.3) is 0 Å². The van der Waals surface area contributed by atoms with Crippen molar-refractivity contribution in [3.63, 3.8) is 0 Å². The molecule has 14 heteroatoms. The van der Waals surface area contributed by atoms with E-state index < -0.39 is 32.7 Å². The van der Waals surface area contributed by atoms with Crippen LogP contribution in [0, 0.1) is 0 Å². The Morgan fingerprint density at radius 3 is 1.50 bits per heavy atom. The lowest BCUT2D eigenvalue weighted by atomic mass is 10.3. The van der Waals surface area contributed by atoms with Crippen LogP contribution >= 0.6 is 0 Å². The summed E-state index contributed by atoms with van der Waals surface area (Å²) in [6.07, 6.45) is 0.959. The van der Waals surface area contributed by atoms with E-state index in [0.29, 0.717) is 38.8 Å². The Labute approximate surface area is 238 Å². The van der Waals surface area contributed by atoms with Gasteiger partial charge in [0, 0.05) is 64.7 Å². The van der Waals surface area contributed by atoms with Crippen molar-refractivity contribution in [2.24, 2.45) is 0 Å². The van der Waals surface area contributed by atoms with E-state index in [-0.39, 0.29) is 50.4 Å². The second-order valence-corrected chi connectivity index (χ2v) is 11.9. The topological polar surface area (TPSA) is 148 Å². The molecule has 0 unspecified atom stereocenters. The molecule has 0 rings (SSSR count). The zero-order chi connectivity index (χ0) is 30.4. The molecule has 230 valence electrons. The molecule has 0 saturated carbocycles. The molecule has 40 heavy (non-hydrogen) atoms. The van der Waals surface area contributed by atoms with Crippen LogP contribution < -0.4 is 5.32 Å². The summed E-state index contributed by atoms with van der Waals surface area (Å²) in [5.41, 5.74) is 0.527. The molecule has 0 heterocycles. The predicted molar refractivity (Wildman–Crippen MR) is 148 cm³/mol. The van der Waals surface area contributed by atoms with Crippen molar-refractivity contribution in [2.75, 3.05) is 80.5 Å². The number of carbonyl (C=O) groups excluding carboxylic acids is 4. The van der Waals surface area contributed by atoms with Crippen LogP contribution in [0.15, 0.2) is 24.3 Å². The zero-order valence-electron chi connectivity index (χ0n) is 24.5. The van der Waals surface area contributed by atoms with E-state index in [4.69, 9.17) is 32.2 Å². The highest BCUT2D eigenvalue weighted by Gasteiger charge is 2.36. The van der Waals surface area contributed by atoms with Gasteiger partial charge in [0.05, 0.1) is 12.8 Å². The van der Waals surface area contributed by atoms with Gasteiger partial charge in [0.2, 0.25) is 0 Å². The first-order chi connectivity index (χ1) is 19.0. The lowest BCUT2D eigenvalue weighted by molar-refractivity contribution is -0.151. The van der Waals surface area contributed by atoms with Crippen molar-refractivity contribution in [2.45, 2.75) is 39.2 Å². The van der Waals surface area contributed by atoms with E-state index in [0.717, 1.165) is 6.42 Å². The Morgan fingerprint density at radius 2 is 1.10 bits per heavy atom. The summed E-state index contributed by atoms with van der Waals surface area (Å²) in [5, 5.41) is 3.33.